The molecule has 0 saturated carbocycles. The van der Waals surface area contributed by atoms with Crippen LogP contribution in [-0.4, -0.2) is 12.1 Å². The Morgan fingerprint density at radius 1 is 1.54 bits per heavy atom. The zero-order valence-electron chi connectivity index (χ0n) is 7.97. The molecule has 1 rings (SSSR count). The van der Waals surface area contributed by atoms with Gasteiger partial charge in [0.05, 0.1) is 18.5 Å². The average molecular weight is 201 g/mol. The van der Waals surface area contributed by atoms with Crippen molar-refractivity contribution in [3.05, 3.63) is 16.9 Å². The van der Waals surface area contributed by atoms with E-state index in [1.54, 1.807) is 13.2 Å². The summed E-state index contributed by atoms with van der Waals surface area (Å²) in [4.78, 5) is 4.16. The second-order valence-electron chi connectivity index (χ2n) is 3.11. The monoisotopic (exact) mass is 200 g/mol. The van der Waals surface area contributed by atoms with E-state index in [1.807, 2.05) is 13.8 Å². The molecule has 0 spiro atoms. The van der Waals surface area contributed by atoms with Gasteiger partial charge in [-0.2, -0.15) is 0 Å². The molecule has 0 aliphatic rings. The van der Waals surface area contributed by atoms with E-state index in [2.05, 4.69) is 4.98 Å². The highest BCUT2D eigenvalue weighted by atomic mass is 35.5. The van der Waals surface area contributed by atoms with Crippen LogP contribution >= 0.6 is 11.6 Å². The Labute approximate surface area is 82.9 Å². The third-order valence-electron chi connectivity index (χ3n) is 1.75. The van der Waals surface area contributed by atoms with Gasteiger partial charge in [0, 0.05) is 6.07 Å². The molecule has 72 valence electrons. The largest absolute Gasteiger partial charge is 0.493 e. The minimum Gasteiger partial charge on any atom is -0.493 e. The van der Waals surface area contributed by atoms with Gasteiger partial charge in [-0.15, -0.1) is 0 Å². The summed E-state index contributed by atoms with van der Waals surface area (Å²) in [5.74, 6) is 0.871. The minimum absolute atomic E-state index is 0.246. The first-order valence-electron chi connectivity index (χ1n) is 4.06. The first-order valence-corrected chi connectivity index (χ1v) is 4.44. The fraction of sp³-hybridized carbons (Fsp3) is 0.444. The Kier molecular flexibility index (Phi) is 2.98. The minimum atomic E-state index is 0.246. The number of hydrogen-bond acceptors (Lipinski definition) is 3. The molecule has 0 amide bonds. The molecule has 0 saturated heterocycles. The number of nitrogen functional groups attached to an aromatic ring is 1. The normalized spacial score (nSPS) is 10.5. The molecule has 0 radical (unpaired) electrons. The van der Waals surface area contributed by atoms with Crippen molar-refractivity contribution in [2.24, 2.45) is 0 Å². The molecule has 13 heavy (non-hydrogen) atoms. The van der Waals surface area contributed by atoms with E-state index in [1.165, 1.54) is 0 Å². The highest BCUT2D eigenvalue weighted by Crippen LogP contribution is 2.31. The Morgan fingerprint density at radius 2 is 2.15 bits per heavy atom. The van der Waals surface area contributed by atoms with Gasteiger partial charge in [-0.25, -0.2) is 4.98 Å². The molecule has 3 nitrogen and oxygen atoms in total. The Hall–Kier alpha value is -0.960. The van der Waals surface area contributed by atoms with Gasteiger partial charge in [0.25, 0.3) is 0 Å². The predicted octanol–water partition coefficient (Wildman–Crippen LogP) is 2.45. The number of ether oxygens (including phenoxy) is 1. The van der Waals surface area contributed by atoms with Crippen LogP contribution in [-0.2, 0) is 0 Å². The van der Waals surface area contributed by atoms with E-state index in [0.29, 0.717) is 16.6 Å². The fourth-order valence-electron chi connectivity index (χ4n) is 1.15. The molecule has 0 unspecified atom stereocenters. The van der Waals surface area contributed by atoms with Gasteiger partial charge in [-0.1, -0.05) is 25.4 Å². The van der Waals surface area contributed by atoms with E-state index < -0.39 is 0 Å². The molecule has 1 heterocycles. The Morgan fingerprint density at radius 3 is 2.62 bits per heavy atom. The first kappa shape index (κ1) is 10.1. The van der Waals surface area contributed by atoms with E-state index in [-0.39, 0.29) is 5.92 Å². The summed E-state index contributed by atoms with van der Waals surface area (Å²) in [6, 6.07) is 1.59. The van der Waals surface area contributed by atoms with Gasteiger partial charge in [-0.05, 0) is 5.92 Å². The van der Waals surface area contributed by atoms with Gasteiger partial charge in [0.1, 0.15) is 5.15 Å². The molecule has 0 aliphatic heterocycles. The highest BCUT2D eigenvalue weighted by molar-refractivity contribution is 6.29. The quantitative estimate of drug-likeness (QED) is 0.747. The second kappa shape index (κ2) is 3.83. The lowest BCUT2D eigenvalue weighted by molar-refractivity contribution is 0.406. The third-order valence-corrected chi connectivity index (χ3v) is 1.94. The van der Waals surface area contributed by atoms with E-state index >= 15 is 0 Å². The molecular weight excluding hydrogens is 188 g/mol. The van der Waals surface area contributed by atoms with Crippen molar-refractivity contribution < 1.29 is 4.74 Å². The van der Waals surface area contributed by atoms with Crippen molar-refractivity contribution in [1.82, 2.24) is 4.98 Å². The summed E-state index contributed by atoms with van der Waals surface area (Å²) in [7, 11) is 1.58. The van der Waals surface area contributed by atoms with Crippen molar-refractivity contribution in [2.45, 2.75) is 19.8 Å². The SMILES string of the molecule is COc1c(N)cc(Cl)nc1C(C)C. The van der Waals surface area contributed by atoms with Crippen molar-refractivity contribution >= 4 is 17.3 Å². The van der Waals surface area contributed by atoms with Crippen molar-refractivity contribution in [3.63, 3.8) is 0 Å². The fourth-order valence-corrected chi connectivity index (χ4v) is 1.36. The summed E-state index contributed by atoms with van der Waals surface area (Å²) in [6.45, 7) is 4.03. The van der Waals surface area contributed by atoms with E-state index in [0.717, 1.165) is 5.69 Å². The van der Waals surface area contributed by atoms with Gasteiger partial charge < -0.3 is 10.5 Å². The topological polar surface area (TPSA) is 48.1 Å². The Bertz CT molecular complexity index is 313. The van der Waals surface area contributed by atoms with Crippen LogP contribution in [0.1, 0.15) is 25.5 Å². The first-order chi connectivity index (χ1) is 6.06. The maximum atomic E-state index is 5.78. The van der Waals surface area contributed by atoms with Gasteiger partial charge >= 0.3 is 0 Å². The summed E-state index contributed by atoms with van der Waals surface area (Å²) < 4.78 is 5.15. The number of halogens is 1. The van der Waals surface area contributed by atoms with Crippen LogP contribution in [0, 0.1) is 0 Å². The van der Waals surface area contributed by atoms with Crippen LogP contribution in [0.5, 0.6) is 5.75 Å². The summed E-state index contributed by atoms with van der Waals surface area (Å²) >= 11 is 5.78. The zero-order chi connectivity index (χ0) is 10.0. The maximum Gasteiger partial charge on any atom is 0.163 e. The molecule has 0 aliphatic carbocycles. The highest BCUT2D eigenvalue weighted by Gasteiger charge is 2.13. The van der Waals surface area contributed by atoms with Gasteiger partial charge in [-0.3, -0.25) is 0 Å². The van der Waals surface area contributed by atoms with Gasteiger partial charge in [0.2, 0.25) is 0 Å². The van der Waals surface area contributed by atoms with E-state index in [9.17, 15) is 0 Å². The summed E-state index contributed by atoms with van der Waals surface area (Å²) in [5, 5.41) is 0.405. The summed E-state index contributed by atoms with van der Waals surface area (Å²) in [6.07, 6.45) is 0. The lowest BCUT2D eigenvalue weighted by Crippen LogP contribution is -2.02. The lowest BCUT2D eigenvalue weighted by atomic mass is 10.1. The van der Waals surface area contributed by atoms with E-state index in [4.69, 9.17) is 22.1 Å². The molecule has 0 bridgehead atoms. The number of nitrogens with two attached hydrogens (primary N) is 1. The molecule has 2 N–H and O–H groups in total. The molecule has 4 heteroatoms. The number of nitrogens with zero attached hydrogens (tertiary/aromatic N) is 1. The molecule has 1 aromatic heterocycles. The van der Waals surface area contributed by atoms with Crippen molar-refractivity contribution in [1.29, 1.82) is 0 Å². The molecule has 1 aromatic rings. The number of hydrogen-bond donors (Lipinski definition) is 1. The standard InChI is InChI=1S/C9H13ClN2O/c1-5(2)8-9(13-3)6(11)4-7(10)12-8/h4-5H,1-3H3,(H2,11,12). The molecule has 0 fully saturated rings. The smallest absolute Gasteiger partial charge is 0.163 e. The number of aromatic nitrogens is 1. The second-order valence-corrected chi connectivity index (χ2v) is 3.49. The summed E-state index contributed by atoms with van der Waals surface area (Å²) in [5.41, 5.74) is 7.05. The van der Waals surface area contributed by atoms with Crippen LogP contribution in [0.3, 0.4) is 0 Å². The maximum absolute atomic E-state index is 5.78. The molecular formula is C9H13ClN2O. The predicted molar refractivity (Wildman–Crippen MR) is 54.3 cm³/mol. The van der Waals surface area contributed by atoms with Crippen LogP contribution in [0.15, 0.2) is 6.07 Å². The van der Waals surface area contributed by atoms with Crippen LogP contribution in [0.2, 0.25) is 5.15 Å². The molecule has 0 atom stereocenters. The average Bonchev–Trinajstić information content (AvgIpc) is 2.02. The van der Waals surface area contributed by atoms with Crippen LogP contribution < -0.4 is 10.5 Å². The van der Waals surface area contributed by atoms with Crippen molar-refractivity contribution in [2.75, 3.05) is 12.8 Å². The number of rotatable bonds is 2. The zero-order valence-corrected chi connectivity index (χ0v) is 8.72. The third kappa shape index (κ3) is 2.04. The number of pyridine rings is 1. The Balaban J connectivity index is 3.29. The van der Waals surface area contributed by atoms with Crippen LogP contribution in [0.4, 0.5) is 5.69 Å². The molecule has 0 aromatic carbocycles. The number of methoxy groups -OCH3 is 1. The van der Waals surface area contributed by atoms with Crippen molar-refractivity contribution in [3.8, 4) is 5.75 Å². The van der Waals surface area contributed by atoms with Gasteiger partial charge in [0.15, 0.2) is 5.75 Å². The van der Waals surface area contributed by atoms with Crippen LogP contribution in [0.25, 0.3) is 0 Å². The number of anilines is 1. The lowest BCUT2D eigenvalue weighted by Gasteiger charge is -2.12.